The molecule has 0 fully saturated rings. The number of azo groups is 1. The fourth-order valence-electron chi connectivity index (χ4n) is 3.68. The Kier molecular flexibility index (Phi) is 8.60. The number of nitrogens with zero attached hydrogens (tertiary/aromatic N) is 2. The van der Waals surface area contributed by atoms with E-state index < -0.39 is 15.9 Å². The molecule has 3 aromatic carbocycles. The molecule has 36 heavy (non-hydrogen) atoms. The lowest BCUT2D eigenvalue weighted by Crippen LogP contribution is -2.09. The summed E-state index contributed by atoms with van der Waals surface area (Å²) in [5, 5.41) is 30.3. The Labute approximate surface area is 211 Å². The van der Waals surface area contributed by atoms with E-state index in [1.165, 1.54) is 24.6 Å². The van der Waals surface area contributed by atoms with Crippen molar-refractivity contribution in [2.24, 2.45) is 10.2 Å². The number of hydrogen-bond acceptors (Lipinski definition) is 8. The Balaban J connectivity index is 1.84. The van der Waals surface area contributed by atoms with Gasteiger partial charge in [0.15, 0.2) is 11.5 Å². The van der Waals surface area contributed by atoms with E-state index in [2.05, 4.69) is 16.3 Å². The molecule has 0 amide bonds. The molecule has 0 saturated heterocycles. The molecule has 0 heterocycles. The minimum atomic E-state index is -3.95. The van der Waals surface area contributed by atoms with Gasteiger partial charge in [-0.05, 0) is 64.3 Å². The van der Waals surface area contributed by atoms with Crippen molar-refractivity contribution in [3.63, 3.8) is 0 Å². The summed E-state index contributed by atoms with van der Waals surface area (Å²) in [7, 11) is -3.95. The van der Waals surface area contributed by atoms with Gasteiger partial charge in [0.1, 0.15) is 11.4 Å². The number of hydrogen-bond donors (Lipinski definition) is 2. The molecule has 2 N–H and O–H groups in total. The van der Waals surface area contributed by atoms with E-state index in [0.717, 1.165) is 24.0 Å². The Morgan fingerprint density at radius 2 is 1.69 bits per heavy atom. The lowest BCUT2D eigenvalue weighted by Gasteiger charge is -2.13. The van der Waals surface area contributed by atoms with Gasteiger partial charge in [0.25, 0.3) is 10.1 Å². The van der Waals surface area contributed by atoms with Crippen LogP contribution >= 0.6 is 0 Å². The van der Waals surface area contributed by atoms with Gasteiger partial charge in [-0.25, -0.2) is 0 Å². The zero-order valence-corrected chi connectivity index (χ0v) is 21.6. The Morgan fingerprint density at radius 1 is 1.00 bits per heavy atom. The first-order valence-corrected chi connectivity index (χ1v) is 12.9. The van der Waals surface area contributed by atoms with E-state index in [1.54, 1.807) is 24.3 Å². The lowest BCUT2D eigenvalue weighted by atomic mass is 9.97. The standard InChI is InChI=1S/C27H30N2O6S/c1-17(2)6-5-7-20-10-13-22-23(16-20)27(32)25(24(19(4)30)26(22)31)29-28-14-15-35-36(33,34)21-11-8-18(3)9-12-21/h6,8-13,16,31-32H,5,7,14-15H2,1-4H3. The number of Topliss-reactive ketones (excluding diaryl/α,β-unsaturated/α-hetero) is 1. The van der Waals surface area contributed by atoms with Crippen molar-refractivity contribution in [1.29, 1.82) is 0 Å². The fourth-order valence-corrected chi connectivity index (χ4v) is 4.58. The second-order valence-corrected chi connectivity index (χ2v) is 10.3. The monoisotopic (exact) mass is 510 g/mol. The smallest absolute Gasteiger partial charge is 0.297 e. The molecule has 9 heteroatoms. The van der Waals surface area contributed by atoms with Crippen LogP contribution in [0.25, 0.3) is 10.8 Å². The number of aryl methyl sites for hydroxylation is 2. The normalized spacial score (nSPS) is 11.8. The van der Waals surface area contributed by atoms with Gasteiger partial charge in [-0.2, -0.15) is 18.6 Å². The van der Waals surface area contributed by atoms with Gasteiger partial charge in [-0.1, -0.05) is 41.5 Å². The highest BCUT2D eigenvalue weighted by atomic mass is 32.2. The molecule has 0 saturated carbocycles. The maximum absolute atomic E-state index is 12.3. The predicted octanol–water partition coefficient (Wildman–Crippen LogP) is 6.15. The molecule has 190 valence electrons. The van der Waals surface area contributed by atoms with Crippen LogP contribution in [0.4, 0.5) is 5.69 Å². The third-order valence-corrected chi connectivity index (χ3v) is 6.87. The van der Waals surface area contributed by atoms with Crippen LogP contribution in [0, 0.1) is 6.92 Å². The van der Waals surface area contributed by atoms with Crippen molar-refractivity contribution in [2.45, 2.75) is 45.4 Å². The maximum Gasteiger partial charge on any atom is 0.297 e. The number of phenols is 2. The van der Waals surface area contributed by atoms with E-state index in [-0.39, 0.29) is 40.8 Å². The molecule has 0 aliphatic heterocycles. The molecule has 0 radical (unpaired) electrons. The van der Waals surface area contributed by atoms with Crippen LogP contribution < -0.4 is 0 Å². The largest absolute Gasteiger partial charge is 0.506 e. The van der Waals surface area contributed by atoms with Crippen molar-refractivity contribution < 1.29 is 27.6 Å². The lowest BCUT2D eigenvalue weighted by molar-refractivity contribution is 0.101. The van der Waals surface area contributed by atoms with Crippen LogP contribution in [0.3, 0.4) is 0 Å². The average molecular weight is 511 g/mol. The summed E-state index contributed by atoms with van der Waals surface area (Å²) in [5.41, 5.74) is 2.75. The van der Waals surface area contributed by atoms with Gasteiger partial charge >= 0.3 is 0 Å². The molecule has 8 nitrogen and oxygen atoms in total. The summed E-state index contributed by atoms with van der Waals surface area (Å²) >= 11 is 0. The number of ketones is 1. The minimum absolute atomic E-state index is 0.0291. The van der Waals surface area contributed by atoms with Crippen LogP contribution in [-0.2, 0) is 20.7 Å². The SMILES string of the molecule is CC(=O)c1c(N=NCCOS(=O)(=O)c2ccc(C)cc2)c(O)c2cc(CCC=C(C)C)ccc2c1O. The predicted molar refractivity (Wildman–Crippen MR) is 139 cm³/mol. The highest BCUT2D eigenvalue weighted by molar-refractivity contribution is 7.86. The summed E-state index contributed by atoms with van der Waals surface area (Å²) in [6.07, 6.45) is 3.67. The van der Waals surface area contributed by atoms with Crippen molar-refractivity contribution in [2.75, 3.05) is 13.2 Å². The minimum Gasteiger partial charge on any atom is -0.506 e. The van der Waals surface area contributed by atoms with E-state index >= 15 is 0 Å². The summed E-state index contributed by atoms with van der Waals surface area (Å²) in [6, 6.07) is 11.5. The molecule has 0 atom stereocenters. The summed E-state index contributed by atoms with van der Waals surface area (Å²) in [4.78, 5) is 12.3. The molecule has 0 unspecified atom stereocenters. The Bertz CT molecular complexity index is 1440. The van der Waals surface area contributed by atoms with Crippen molar-refractivity contribution >= 4 is 32.4 Å². The van der Waals surface area contributed by atoms with Crippen molar-refractivity contribution in [3.8, 4) is 11.5 Å². The zero-order chi connectivity index (χ0) is 26.5. The molecule has 0 spiro atoms. The zero-order valence-electron chi connectivity index (χ0n) is 20.8. The van der Waals surface area contributed by atoms with E-state index in [1.807, 2.05) is 26.8 Å². The third-order valence-electron chi connectivity index (χ3n) is 5.54. The van der Waals surface area contributed by atoms with E-state index in [4.69, 9.17) is 4.18 Å². The number of benzene rings is 3. The third kappa shape index (κ3) is 6.35. The maximum atomic E-state index is 12.3. The average Bonchev–Trinajstić information content (AvgIpc) is 2.81. The summed E-state index contributed by atoms with van der Waals surface area (Å²) in [5.74, 6) is -1.07. The Hall–Kier alpha value is -3.56. The van der Waals surface area contributed by atoms with Gasteiger partial charge in [0.05, 0.1) is 23.6 Å². The van der Waals surface area contributed by atoms with Crippen LogP contribution in [0.5, 0.6) is 11.5 Å². The van der Waals surface area contributed by atoms with E-state index in [0.29, 0.717) is 10.8 Å². The van der Waals surface area contributed by atoms with Gasteiger partial charge in [0.2, 0.25) is 0 Å². The quantitative estimate of drug-likeness (QED) is 0.0841. The second kappa shape index (κ2) is 11.5. The van der Waals surface area contributed by atoms with Crippen LogP contribution in [0.1, 0.15) is 48.7 Å². The summed E-state index contributed by atoms with van der Waals surface area (Å²) < 4.78 is 29.6. The number of aromatic hydroxyl groups is 2. The fraction of sp³-hybridized carbons (Fsp3) is 0.296. The van der Waals surface area contributed by atoms with Crippen LogP contribution in [0.2, 0.25) is 0 Å². The molecule has 3 aromatic rings. The van der Waals surface area contributed by atoms with Gasteiger partial charge < -0.3 is 10.2 Å². The van der Waals surface area contributed by atoms with E-state index in [9.17, 15) is 23.4 Å². The van der Waals surface area contributed by atoms with Crippen LogP contribution in [-0.4, -0.2) is 37.6 Å². The van der Waals surface area contributed by atoms with Crippen molar-refractivity contribution in [3.05, 3.63) is 70.8 Å². The topological polar surface area (TPSA) is 126 Å². The number of fused-ring (bicyclic) bond motifs is 1. The first kappa shape index (κ1) is 27.0. The first-order chi connectivity index (χ1) is 17.0. The van der Waals surface area contributed by atoms with Crippen molar-refractivity contribution in [1.82, 2.24) is 0 Å². The van der Waals surface area contributed by atoms with Gasteiger partial charge in [-0.3, -0.25) is 8.98 Å². The van der Waals surface area contributed by atoms with Gasteiger partial charge in [0, 0.05) is 10.8 Å². The molecule has 0 bridgehead atoms. The molecular formula is C27H30N2O6S. The Morgan fingerprint density at radius 3 is 2.33 bits per heavy atom. The number of allylic oxidation sites excluding steroid dienone is 2. The molecule has 0 aliphatic carbocycles. The number of phenolic OH excluding ortho intramolecular Hbond substituents is 2. The molecular weight excluding hydrogens is 480 g/mol. The van der Waals surface area contributed by atoms with Crippen LogP contribution in [0.15, 0.2) is 69.2 Å². The number of carbonyl (C=O) groups is 1. The second-order valence-electron chi connectivity index (χ2n) is 8.73. The first-order valence-electron chi connectivity index (χ1n) is 11.5. The molecule has 0 aliphatic rings. The number of rotatable bonds is 10. The molecule has 3 rings (SSSR count). The summed E-state index contributed by atoms with van der Waals surface area (Å²) in [6.45, 7) is 6.71. The highest BCUT2D eigenvalue weighted by Crippen LogP contribution is 2.45. The number of carbonyl (C=O) groups excluding carboxylic acids is 1. The highest BCUT2D eigenvalue weighted by Gasteiger charge is 2.22. The van der Waals surface area contributed by atoms with Gasteiger partial charge in [-0.15, -0.1) is 0 Å². The molecule has 0 aromatic heterocycles.